The van der Waals surface area contributed by atoms with Crippen molar-refractivity contribution in [2.75, 3.05) is 0 Å². The number of nitrogens with one attached hydrogen (secondary N) is 1. The van der Waals surface area contributed by atoms with Gasteiger partial charge in [-0.15, -0.1) is 6.58 Å². The molecule has 0 radical (unpaired) electrons. The maximum atomic E-state index is 5.02. The molecule has 52 valence electrons. The molecule has 0 aromatic rings. The Labute approximate surface area is 56.4 Å². The maximum Gasteiger partial charge on any atom is 0.00911 e. The lowest BCUT2D eigenvalue weighted by molar-refractivity contribution is 0.622. The van der Waals surface area contributed by atoms with Crippen LogP contribution in [-0.2, 0) is 0 Å². The van der Waals surface area contributed by atoms with Crippen molar-refractivity contribution in [1.82, 2.24) is 5.43 Å². The van der Waals surface area contributed by atoms with E-state index in [1.54, 1.807) is 6.20 Å². The highest BCUT2D eigenvalue weighted by Gasteiger charge is 2.05. The van der Waals surface area contributed by atoms with Crippen molar-refractivity contribution in [3.05, 3.63) is 24.9 Å². The Morgan fingerprint density at radius 2 is 2.11 bits per heavy atom. The molecular formula is C7H14N2. The van der Waals surface area contributed by atoms with Gasteiger partial charge in [-0.25, -0.2) is 0 Å². The van der Waals surface area contributed by atoms with Crippen LogP contribution < -0.4 is 11.3 Å². The second-order valence-corrected chi connectivity index (χ2v) is 2.53. The average Bonchev–Trinajstić information content (AvgIpc) is 1.84. The Hall–Kier alpha value is -0.760. The lowest BCUT2D eigenvalue weighted by Crippen LogP contribution is -2.15. The van der Waals surface area contributed by atoms with Crippen molar-refractivity contribution in [2.24, 2.45) is 11.3 Å². The van der Waals surface area contributed by atoms with Gasteiger partial charge in [-0.1, -0.05) is 26.0 Å². The number of rotatable bonds is 3. The summed E-state index contributed by atoms with van der Waals surface area (Å²) in [5.74, 6) is 5.02. The van der Waals surface area contributed by atoms with Gasteiger partial charge in [0, 0.05) is 11.6 Å². The van der Waals surface area contributed by atoms with Crippen LogP contribution in [0.15, 0.2) is 24.9 Å². The summed E-state index contributed by atoms with van der Waals surface area (Å²) in [5, 5.41) is 0. The molecule has 0 aliphatic heterocycles. The van der Waals surface area contributed by atoms with Gasteiger partial charge in [0.2, 0.25) is 0 Å². The van der Waals surface area contributed by atoms with E-state index in [1.807, 2.05) is 26.0 Å². The van der Waals surface area contributed by atoms with E-state index in [1.165, 1.54) is 0 Å². The van der Waals surface area contributed by atoms with Crippen LogP contribution in [0.25, 0.3) is 0 Å². The van der Waals surface area contributed by atoms with Crippen LogP contribution in [0.2, 0.25) is 0 Å². The SMILES string of the molecule is C=CC(C)(C)/C=C\NN. The molecule has 0 aliphatic carbocycles. The third kappa shape index (κ3) is 3.79. The molecule has 0 aromatic carbocycles. The molecule has 0 aliphatic rings. The standard InChI is InChI=1S/C7H14N2/c1-4-7(2,3)5-6-9-8/h4-6,9H,1,8H2,2-3H3/b6-5-. The van der Waals surface area contributed by atoms with Crippen molar-refractivity contribution < 1.29 is 0 Å². The predicted molar refractivity (Wildman–Crippen MR) is 40.4 cm³/mol. The van der Waals surface area contributed by atoms with Gasteiger partial charge < -0.3 is 5.43 Å². The van der Waals surface area contributed by atoms with Gasteiger partial charge in [0.1, 0.15) is 0 Å². The normalized spacial score (nSPS) is 11.9. The molecule has 0 bridgehead atoms. The number of hydrogen-bond acceptors (Lipinski definition) is 2. The van der Waals surface area contributed by atoms with Gasteiger partial charge in [-0.2, -0.15) is 0 Å². The molecule has 0 unspecified atom stereocenters. The summed E-state index contributed by atoms with van der Waals surface area (Å²) in [4.78, 5) is 0. The molecule has 0 atom stereocenters. The van der Waals surface area contributed by atoms with Crippen molar-refractivity contribution in [1.29, 1.82) is 0 Å². The highest BCUT2D eigenvalue weighted by atomic mass is 15.2. The van der Waals surface area contributed by atoms with Crippen LogP contribution in [0.1, 0.15) is 13.8 Å². The van der Waals surface area contributed by atoms with Crippen LogP contribution in [0.4, 0.5) is 0 Å². The zero-order chi connectivity index (χ0) is 7.33. The molecule has 2 heteroatoms. The molecule has 2 nitrogen and oxygen atoms in total. The molecule has 0 aromatic heterocycles. The van der Waals surface area contributed by atoms with E-state index in [0.29, 0.717) is 0 Å². The van der Waals surface area contributed by atoms with Gasteiger partial charge in [-0.3, -0.25) is 5.84 Å². The highest BCUT2D eigenvalue weighted by Crippen LogP contribution is 2.16. The minimum absolute atomic E-state index is 0.0341. The molecule has 0 rings (SSSR count). The summed E-state index contributed by atoms with van der Waals surface area (Å²) in [6, 6.07) is 0. The molecule has 9 heavy (non-hydrogen) atoms. The smallest absolute Gasteiger partial charge is 0.00911 e. The fourth-order valence-electron chi connectivity index (χ4n) is 0.331. The molecule has 3 N–H and O–H groups in total. The Kier molecular flexibility index (Phi) is 3.02. The maximum absolute atomic E-state index is 5.02. The summed E-state index contributed by atoms with van der Waals surface area (Å²) in [6.45, 7) is 7.76. The summed E-state index contributed by atoms with van der Waals surface area (Å²) < 4.78 is 0. The molecule has 0 amide bonds. The van der Waals surface area contributed by atoms with E-state index in [0.717, 1.165) is 0 Å². The van der Waals surface area contributed by atoms with E-state index in [4.69, 9.17) is 5.84 Å². The van der Waals surface area contributed by atoms with E-state index in [2.05, 4.69) is 12.0 Å². The quantitative estimate of drug-likeness (QED) is 0.338. The number of nitrogens with two attached hydrogens (primary N) is 1. The van der Waals surface area contributed by atoms with Gasteiger partial charge >= 0.3 is 0 Å². The third-order valence-corrected chi connectivity index (χ3v) is 1.14. The van der Waals surface area contributed by atoms with E-state index in [-0.39, 0.29) is 5.41 Å². The first-order chi connectivity index (χ1) is 4.12. The van der Waals surface area contributed by atoms with Gasteiger partial charge in [0.15, 0.2) is 0 Å². The third-order valence-electron chi connectivity index (χ3n) is 1.14. The van der Waals surface area contributed by atoms with Gasteiger partial charge in [-0.05, 0) is 0 Å². The van der Waals surface area contributed by atoms with E-state index >= 15 is 0 Å². The van der Waals surface area contributed by atoms with Gasteiger partial charge in [0.05, 0.1) is 0 Å². The molecule has 0 heterocycles. The second-order valence-electron chi connectivity index (χ2n) is 2.53. The minimum atomic E-state index is 0.0341. The Morgan fingerprint density at radius 3 is 2.44 bits per heavy atom. The molecule has 0 fully saturated rings. The van der Waals surface area contributed by atoms with Crippen molar-refractivity contribution >= 4 is 0 Å². The van der Waals surface area contributed by atoms with E-state index in [9.17, 15) is 0 Å². The molecule has 0 spiro atoms. The van der Waals surface area contributed by atoms with Crippen molar-refractivity contribution in [3.8, 4) is 0 Å². The van der Waals surface area contributed by atoms with Crippen LogP contribution in [0.5, 0.6) is 0 Å². The zero-order valence-corrected chi connectivity index (χ0v) is 6.02. The average molecular weight is 126 g/mol. The first-order valence-electron chi connectivity index (χ1n) is 2.90. The minimum Gasteiger partial charge on any atom is -0.332 e. The largest absolute Gasteiger partial charge is 0.332 e. The topological polar surface area (TPSA) is 38.0 Å². The zero-order valence-electron chi connectivity index (χ0n) is 6.02. The molecular weight excluding hydrogens is 112 g/mol. The Bertz CT molecular complexity index is 114. The summed E-state index contributed by atoms with van der Waals surface area (Å²) in [6.07, 6.45) is 5.50. The fraction of sp³-hybridized carbons (Fsp3) is 0.429. The fourth-order valence-corrected chi connectivity index (χ4v) is 0.331. The van der Waals surface area contributed by atoms with Gasteiger partial charge in [0.25, 0.3) is 0 Å². The lowest BCUT2D eigenvalue weighted by atomic mass is 9.94. The number of hydrazine groups is 1. The van der Waals surface area contributed by atoms with Crippen molar-refractivity contribution in [3.63, 3.8) is 0 Å². The van der Waals surface area contributed by atoms with Crippen LogP contribution in [0.3, 0.4) is 0 Å². The Morgan fingerprint density at radius 1 is 1.56 bits per heavy atom. The first-order valence-corrected chi connectivity index (χ1v) is 2.90. The monoisotopic (exact) mass is 126 g/mol. The summed E-state index contributed by atoms with van der Waals surface area (Å²) >= 11 is 0. The summed E-state index contributed by atoms with van der Waals surface area (Å²) in [5.41, 5.74) is 2.46. The Balaban J connectivity index is 3.84. The lowest BCUT2D eigenvalue weighted by Gasteiger charge is -2.12. The van der Waals surface area contributed by atoms with Crippen LogP contribution in [0, 0.1) is 5.41 Å². The molecule has 0 saturated heterocycles. The van der Waals surface area contributed by atoms with Crippen LogP contribution >= 0.6 is 0 Å². The van der Waals surface area contributed by atoms with Crippen molar-refractivity contribution in [2.45, 2.75) is 13.8 Å². The number of hydrogen-bond donors (Lipinski definition) is 2. The van der Waals surface area contributed by atoms with E-state index < -0.39 is 0 Å². The first kappa shape index (κ1) is 8.24. The molecule has 0 saturated carbocycles. The van der Waals surface area contributed by atoms with Crippen LogP contribution in [-0.4, -0.2) is 0 Å². The second kappa shape index (κ2) is 3.30. The number of allylic oxidation sites excluding steroid dienone is 2. The predicted octanol–water partition coefficient (Wildman–Crippen LogP) is 1.18. The highest BCUT2D eigenvalue weighted by molar-refractivity contribution is 5.03. The summed E-state index contributed by atoms with van der Waals surface area (Å²) in [7, 11) is 0.